The molecule has 0 aliphatic carbocycles. The van der Waals surface area contributed by atoms with Gasteiger partial charge in [-0.1, -0.05) is 24.0 Å². The third-order valence-electron chi connectivity index (χ3n) is 6.44. The predicted octanol–water partition coefficient (Wildman–Crippen LogP) is 1.34. The Bertz CT molecular complexity index is 1150. The third kappa shape index (κ3) is 6.51. The Kier molecular flexibility index (Phi) is 9.36. The van der Waals surface area contributed by atoms with Crippen molar-refractivity contribution in [3.05, 3.63) is 70.8 Å². The van der Waals surface area contributed by atoms with E-state index in [1.54, 1.807) is 24.3 Å². The van der Waals surface area contributed by atoms with Crippen LogP contribution in [0.1, 0.15) is 34.0 Å². The van der Waals surface area contributed by atoms with E-state index in [9.17, 15) is 18.8 Å². The molecule has 3 amide bonds. The minimum absolute atomic E-state index is 0.144. The van der Waals surface area contributed by atoms with Crippen LogP contribution >= 0.6 is 0 Å². The molecule has 1 heterocycles. The van der Waals surface area contributed by atoms with Gasteiger partial charge in [-0.2, -0.15) is 0 Å². The second kappa shape index (κ2) is 12.5. The zero-order chi connectivity index (χ0) is 27.0. The number of halogens is 1. The van der Waals surface area contributed by atoms with E-state index in [1.165, 1.54) is 26.5 Å². The van der Waals surface area contributed by atoms with E-state index < -0.39 is 23.3 Å². The van der Waals surface area contributed by atoms with E-state index in [2.05, 4.69) is 17.2 Å². The molecule has 2 aromatic carbocycles. The Balaban J connectivity index is 1.59. The summed E-state index contributed by atoms with van der Waals surface area (Å²) in [7, 11) is 2.64. The molecule has 37 heavy (non-hydrogen) atoms. The van der Waals surface area contributed by atoms with Gasteiger partial charge < -0.3 is 15.0 Å². The first-order valence-electron chi connectivity index (χ1n) is 11.8. The fraction of sp³-hybridized carbons (Fsp3) is 0.370. The maximum atomic E-state index is 12.9. The Morgan fingerprint density at radius 2 is 1.65 bits per heavy atom. The smallest absolute Gasteiger partial charge is 0.278 e. The van der Waals surface area contributed by atoms with Gasteiger partial charge in [-0.3, -0.25) is 24.5 Å². The zero-order valence-corrected chi connectivity index (χ0v) is 21.1. The molecule has 0 bridgehead atoms. The van der Waals surface area contributed by atoms with E-state index in [1.807, 2.05) is 29.2 Å². The highest BCUT2D eigenvalue weighted by Crippen LogP contribution is 2.18. The normalized spacial score (nSPS) is 14.9. The molecule has 1 fully saturated rings. The van der Waals surface area contributed by atoms with Gasteiger partial charge in [-0.05, 0) is 48.9 Å². The molecule has 1 aliphatic rings. The maximum absolute atomic E-state index is 12.9. The van der Waals surface area contributed by atoms with E-state index in [0.29, 0.717) is 18.7 Å². The summed E-state index contributed by atoms with van der Waals surface area (Å²) in [6.45, 7) is 3.38. The Labute approximate surface area is 215 Å². The highest BCUT2D eigenvalue weighted by Gasteiger charge is 2.47. The molecule has 0 aromatic heterocycles. The summed E-state index contributed by atoms with van der Waals surface area (Å²) in [6.07, 6.45) is 0.144. The van der Waals surface area contributed by atoms with E-state index in [0.717, 1.165) is 29.1 Å². The van der Waals surface area contributed by atoms with Crippen LogP contribution in [-0.4, -0.2) is 84.8 Å². The van der Waals surface area contributed by atoms with Crippen LogP contribution in [0.3, 0.4) is 0 Å². The summed E-state index contributed by atoms with van der Waals surface area (Å²) in [5.74, 6) is 3.75. The third-order valence-corrected chi connectivity index (χ3v) is 6.44. The average Bonchev–Trinajstić information content (AvgIpc) is 2.91. The summed E-state index contributed by atoms with van der Waals surface area (Å²) >= 11 is 0. The van der Waals surface area contributed by atoms with Gasteiger partial charge in [-0.15, -0.1) is 0 Å². The molecule has 0 radical (unpaired) electrons. The molecule has 3 rings (SSSR count). The van der Waals surface area contributed by atoms with Crippen LogP contribution in [0.5, 0.6) is 0 Å². The Hall–Kier alpha value is -3.78. The highest BCUT2D eigenvalue weighted by atomic mass is 19.1. The lowest BCUT2D eigenvalue weighted by Gasteiger charge is -2.38. The number of hydroxylamine groups is 1. The number of amides is 3. The van der Waals surface area contributed by atoms with Gasteiger partial charge in [-0.25, -0.2) is 9.87 Å². The van der Waals surface area contributed by atoms with Gasteiger partial charge in [0.1, 0.15) is 6.67 Å². The van der Waals surface area contributed by atoms with Crippen LogP contribution in [0.2, 0.25) is 0 Å². The quantitative estimate of drug-likeness (QED) is 0.203. The van der Waals surface area contributed by atoms with Crippen molar-refractivity contribution in [1.82, 2.24) is 20.6 Å². The molecule has 0 unspecified atom stereocenters. The van der Waals surface area contributed by atoms with Crippen molar-refractivity contribution in [3.63, 3.8) is 0 Å². The number of nitrogens with one attached hydrogen (secondary N) is 2. The number of carbonyl (C=O) groups is 3. The van der Waals surface area contributed by atoms with Crippen molar-refractivity contribution >= 4 is 17.7 Å². The molecule has 1 saturated heterocycles. The average molecular weight is 511 g/mol. The maximum Gasteiger partial charge on any atom is 0.278 e. The van der Waals surface area contributed by atoms with Crippen LogP contribution in [0.4, 0.5) is 4.39 Å². The lowest BCUT2D eigenvalue weighted by molar-refractivity contribution is -0.148. The largest absolute Gasteiger partial charge is 0.371 e. The van der Waals surface area contributed by atoms with Crippen molar-refractivity contribution in [2.75, 3.05) is 40.4 Å². The highest BCUT2D eigenvalue weighted by molar-refractivity contribution is 6.12. The molecule has 3 N–H and O–H groups in total. The molecule has 0 spiro atoms. The number of benzene rings is 2. The number of hydrogen-bond donors (Lipinski definition) is 3. The lowest BCUT2D eigenvalue weighted by atomic mass is 9.96. The summed E-state index contributed by atoms with van der Waals surface area (Å²) in [5, 5.41) is 11.4. The molecule has 2 aromatic rings. The minimum atomic E-state index is -1.95. The van der Waals surface area contributed by atoms with E-state index >= 15 is 0 Å². The number of alkyl halides is 1. The topological polar surface area (TPSA) is 111 Å². The zero-order valence-electron chi connectivity index (χ0n) is 21.1. The molecule has 0 saturated carbocycles. The van der Waals surface area contributed by atoms with Crippen LogP contribution in [0, 0.1) is 11.8 Å². The summed E-state index contributed by atoms with van der Waals surface area (Å²) in [5.41, 5.74) is 2.26. The number of likely N-dealkylation sites (N-methyl/N-ethyl adjacent to an activating group) is 2. The monoisotopic (exact) mass is 510 g/mol. The first-order valence-corrected chi connectivity index (χ1v) is 11.8. The molecular formula is C27H31FN4O5. The van der Waals surface area contributed by atoms with Crippen molar-refractivity contribution in [2.24, 2.45) is 0 Å². The molecular weight excluding hydrogens is 479 g/mol. The number of carbonyl (C=O) groups excluding carboxylic acids is 3. The van der Waals surface area contributed by atoms with Crippen LogP contribution in [0.15, 0.2) is 48.5 Å². The number of rotatable bonds is 9. The van der Waals surface area contributed by atoms with Crippen LogP contribution < -0.4 is 10.8 Å². The van der Waals surface area contributed by atoms with Crippen LogP contribution in [0.25, 0.3) is 0 Å². The summed E-state index contributed by atoms with van der Waals surface area (Å²) < 4.78 is 18.1. The molecule has 196 valence electrons. The predicted molar refractivity (Wildman–Crippen MR) is 134 cm³/mol. The molecule has 10 heteroatoms. The summed E-state index contributed by atoms with van der Waals surface area (Å²) in [4.78, 5) is 40.4. The SMILES string of the molecule is CNC(=O)[C@@](C)(C(=O)NO)N(C)C(=O)c1ccc(C#Cc2ccc(COC3CN(CCF)C3)cc2)cc1. The van der Waals surface area contributed by atoms with Crippen molar-refractivity contribution in [3.8, 4) is 11.8 Å². The standard InChI is InChI=1S/C27H31FN4O5/c1-27(25(34)29-2,26(35)30-36)31(3)24(33)22-12-10-20(11-13-22)5-4-19-6-8-21(9-7-19)18-37-23-16-32(17-23)15-14-28/h6-13,23,36H,14-18H2,1-3H3,(H,29,34)(H,30,35)/t27-/m0/s1. The van der Waals surface area contributed by atoms with Gasteiger partial charge in [0.05, 0.1) is 12.7 Å². The number of nitrogens with zero attached hydrogens (tertiary/aromatic N) is 2. The summed E-state index contributed by atoms with van der Waals surface area (Å²) in [6, 6.07) is 14.2. The Morgan fingerprint density at radius 3 is 2.16 bits per heavy atom. The Morgan fingerprint density at radius 1 is 1.08 bits per heavy atom. The first kappa shape index (κ1) is 27.8. The van der Waals surface area contributed by atoms with E-state index in [4.69, 9.17) is 9.94 Å². The number of ether oxygens (including phenoxy) is 1. The fourth-order valence-corrected chi connectivity index (χ4v) is 3.83. The molecule has 9 nitrogen and oxygen atoms in total. The lowest BCUT2D eigenvalue weighted by Crippen LogP contribution is -2.64. The minimum Gasteiger partial charge on any atom is -0.371 e. The van der Waals surface area contributed by atoms with Gasteiger partial charge >= 0.3 is 0 Å². The second-order valence-electron chi connectivity index (χ2n) is 8.86. The van der Waals surface area contributed by atoms with Gasteiger partial charge in [0.15, 0.2) is 5.54 Å². The van der Waals surface area contributed by atoms with Gasteiger partial charge in [0.25, 0.3) is 17.7 Å². The number of hydrogen-bond acceptors (Lipinski definition) is 6. The van der Waals surface area contributed by atoms with Crippen molar-refractivity contribution in [1.29, 1.82) is 0 Å². The van der Waals surface area contributed by atoms with Crippen molar-refractivity contribution < 1.29 is 28.7 Å². The van der Waals surface area contributed by atoms with E-state index in [-0.39, 0.29) is 18.3 Å². The van der Waals surface area contributed by atoms with Crippen molar-refractivity contribution in [2.45, 2.75) is 25.2 Å². The number of likely N-dealkylation sites (tertiary alicyclic amines) is 1. The fourth-order valence-electron chi connectivity index (χ4n) is 3.83. The van der Waals surface area contributed by atoms with Gasteiger partial charge in [0.2, 0.25) is 0 Å². The molecule has 1 atom stereocenters. The van der Waals surface area contributed by atoms with Crippen LogP contribution in [-0.2, 0) is 20.9 Å². The first-order chi connectivity index (χ1) is 17.7. The van der Waals surface area contributed by atoms with Gasteiger partial charge in [0, 0.05) is 50.4 Å². The molecule has 1 aliphatic heterocycles. The second-order valence-corrected chi connectivity index (χ2v) is 8.86.